The van der Waals surface area contributed by atoms with Crippen molar-refractivity contribution in [2.24, 2.45) is 8.80 Å². The van der Waals surface area contributed by atoms with Gasteiger partial charge >= 0.3 is 12.0 Å². The van der Waals surface area contributed by atoms with E-state index in [-0.39, 0.29) is 58.6 Å². The van der Waals surface area contributed by atoms with Gasteiger partial charge < -0.3 is 48.5 Å². The summed E-state index contributed by atoms with van der Waals surface area (Å²) in [6.07, 6.45) is 9.03. The molecule has 30 heteroatoms. The van der Waals surface area contributed by atoms with Gasteiger partial charge in [-0.2, -0.15) is 0 Å². The quantitative estimate of drug-likeness (QED) is 0.0274. The third-order valence-corrected chi connectivity index (χ3v) is 14.8. The average Bonchev–Trinajstić information content (AvgIpc) is 3.01. The number of carbonyl (C=O) groups is 2. The molecule has 6 rings (SSSR count). The SMILES string of the molecule is COc1ncc([C@@H](OC(C)C)[C@@H](C)S(=O)(=O)N=C(NNC(=O)c2cncc(C)c2)Nc2c(OC)cccc2OC)cn1.COc1ncc([C@H](OC(C)C)[C@H](C)S(=O)(=O)N=C(NNC(=O)c2cncc(C)c2)Nc2c(OC)cccc2OC)cn1. The van der Waals surface area contributed by atoms with E-state index in [4.69, 9.17) is 37.9 Å². The first kappa shape index (κ1) is 65.8. The van der Waals surface area contributed by atoms with Crippen LogP contribution in [0.3, 0.4) is 0 Å². The van der Waals surface area contributed by atoms with Gasteiger partial charge in [0, 0.05) is 60.7 Å². The zero-order valence-corrected chi connectivity index (χ0v) is 50.4. The maximum atomic E-state index is 13.7. The third-order valence-electron chi connectivity index (χ3n) is 11.6. The van der Waals surface area contributed by atoms with E-state index >= 15 is 0 Å². The van der Waals surface area contributed by atoms with Crippen molar-refractivity contribution in [2.45, 2.75) is 90.3 Å². The number of amides is 2. The van der Waals surface area contributed by atoms with Gasteiger partial charge in [-0.25, -0.2) is 36.8 Å². The number of para-hydroxylation sites is 2. The zero-order chi connectivity index (χ0) is 61.7. The minimum Gasteiger partial charge on any atom is -0.494 e. The molecule has 0 spiro atoms. The van der Waals surface area contributed by atoms with Gasteiger partial charge in [0.25, 0.3) is 31.9 Å². The van der Waals surface area contributed by atoms with Gasteiger partial charge in [-0.1, -0.05) is 12.1 Å². The first-order valence-corrected chi connectivity index (χ1v) is 28.6. The van der Waals surface area contributed by atoms with E-state index in [0.717, 1.165) is 11.1 Å². The predicted molar refractivity (Wildman–Crippen MR) is 312 cm³/mol. The molecule has 4 heterocycles. The standard InChI is InChI=1S/2C27H35N7O7S/c2*1-16(2)41-24(20-14-29-27(40-7)30-15-20)18(4)42(36,37)34-26(31-23-21(38-5)9-8-10-22(23)39-6)33-32-25(35)19-11-17(3)12-28-13-19/h2*8-16,18,24H,1-7H3,(H,32,35)(H2,31,33,34)/t2*18-,24+/m10/s1. The maximum absolute atomic E-state index is 13.7. The number of nitrogens with one attached hydrogen (secondary N) is 6. The average molecular weight is 1200 g/mol. The summed E-state index contributed by atoms with van der Waals surface area (Å²) in [7, 11) is -0.0585. The lowest BCUT2D eigenvalue weighted by molar-refractivity contribution is 0.00581. The first-order chi connectivity index (χ1) is 40.0. The third kappa shape index (κ3) is 18.5. The summed E-state index contributed by atoms with van der Waals surface area (Å²) in [5, 5.41) is 3.33. The van der Waals surface area contributed by atoms with Crippen LogP contribution in [0.1, 0.15) is 96.7 Å². The molecule has 0 bridgehead atoms. The molecule has 2 amide bonds. The van der Waals surface area contributed by atoms with Gasteiger partial charge in [-0.05, 0) is 103 Å². The van der Waals surface area contributed by atoms with Crippen LogP contribution in [0.15, 0.2) is 107 Å². The Bertz CT molecular complexity index is 3180. The number of ether oxygens (including phenoxy) is 8. The van der Waals surface area contributed by atoms with Crippen LogP contribution in [0.2, 0.25) is 0 Å². The Morgan fingerprint density at radius 3 is 1.06 bits per heavy atom. The fraction of sp³-hybridized carbons (Fsp3) is 0.370. The number of carbonyl (C=O) groups excluding carboxylic acids is 2. The van der Waals surface area contributed by atoms with Gasteiger partial charge in [-0.3, -0.25) is 41.3 Å². The van der Waals surface area contributed by atoms with Crippen LogP contribution in [0.4, 0.5) is 11.4 Å². The molecular formula is C54H70N14O14S2. The molecule has 0 saturated heterocycles. The van der Waals surface area contributed by atoms with Crippen LogP contribution in [-0.4, -0.2) is 136 Å². The lowest BCUT2D eigenvalue weighted by Crippen LogP contribution is -2.46. The maximum Gasteiger partial charge on any atom is 0.316 e. The van der Waals surface area contributed by atoms with E-state index in [1.165, 1.54) is 93.7 Å². The van der Waals surface area contributed by atoms with Crippen LogP contribution in [-0.2, 0) is 29.5 Å². The highest BCUT2D eigenvalue weighted by Crippen LogP contribution is 2.36. The van der Waals surface area contributed by atoms with E-state index in [9.17, 15) is 26.4 Å². The zero-order valence-electron chi connectivity index (χ0n) is 48.8. The van der Waals surface area contributed by atoms with Crippen molar-refractivity contribution in [3.05, 3.63) is 131 Å². The smallest absolute Gasteiger partial charge is 0.316 e. The van der Waals surface area contributed by atoms with Gasteiger partial charge in [0.1, 0.15) is 57.1 Å². The normalized spacial score (nSPS) is 13.2. The summed E-state index contributed by atoms with van der Waals surface area (Å²) >= 11 is 0. The number of hydrazine groups is 2. The first-order valence-electron chi connectivity index (χ1n) is 25.6. The molecule has 6 aromatic rings. The van der Waals surface area contributed by atoms with Crippen molar-refractivity contribution >= 4 is 55.2 Å². The van der Waals surface area contributed by atoms with E-state index in [1.54, 1.807) is 102 Å². The van der Waals surface area contributed by atoms with Crippen molar-refractivity contribution < 1.29 is 64.3 Å². The summed E-state index contributed by atoms with van der Waals surface area (Å²) in [5.74, 6) is -0.496. The number of sulfonamides is 2. The molecule has 4 atom stereocenters. The van der Waals surface area contributed by atoms with Crippen LogP contribution >= 0.6 is 0 Å². The van der Waals surface area contributed by atoms with E-state index < -0.39 is 54.6 Å². The van der Waals surface area contributed by atoms with Gasteiger partial charge in [0.05, 0.1) is 66.0 Å². The second-order valence-electron chi connectivity index (χ2n) is 18.5. The van der Waals surface area contributed by atoms with Gasteiger partial charge in [0.2, 0.25) is 11.9 Å². The van der Waals surface area contributed by atoms with Crippen molar-refractivity contribution in [1.29, 1.82) is 0 Å². The molecule has 84 heavy (non-hydrogen) atoms. The van der Waals surface area contributed by atoms with Crippen molar-refractivity contribution in [1.82, 2.24) is 51.6 Å². The van der Waals surface area contributed by atoms with E-state index in [0.29, 0.717) is 34.1 Å². The number of rotatable bonds is 22. The summed E-state index contributed by atoms with van der Waals surface area (Å²) in [5.41, 5.74) is 13.4. The second kappa shape index (κ2) is 30.9. The highest BCUT2D eigenvalue weighted by atomic mass is 32.2. The molecule has 452 valence electrons. The van der Waals surface area contributed by atoms with Crippen LogP contribution in [0.25, 0.3) is 0 Å². The minimum atomic E-state index is -4.34. The number of benzene rings is 2. The number of methoxy groups -OCH3 is 6. The molecule has 6 N–H and O–H groups in total. The fourth-order valence-electron chi connectivity index (χ4n) is 7.47. The number of aromatic nitrogens is 6. The lowest BCUT2D eigenvalue weighted by Gasteiger charge is -2.25. The number of aryl methyl sites for hydroxylation is 2. The van der Waals surface area contributed by atoms with Crippen molar-refractivity contribution in [2.75, 3.05) is 53.3 Å². The Balaban J connectivity index is 0.000000307. The summed E-state index contributed by atoms with van der Waals surface area (Å²) in [4.78, 5) is 50.0. The van der Waals surface area contributed by atoms with Crippen molar-refractivity contribution in [3.8, 4) is 35.0 Å². The minimum absolute atomic E-state index is 0.122. The topological polar surface area (TPSA) is 350 Å². The Morgan fingerprint density at radius 2 is 0.786 bits per heavy atom. The number of pyridine rings is 2. The molecule has 4 aromatic heterocycles. The molecule has 28 nitrogen and oxygen atoms in total. The molecule has 0 aliphatic rings. The Hall–Kier alpha value is -9.00. The van der Waals surface area contributed by atoms with Crippen LogP contribution < -0.4 is 60.8 Å². The fourth-order valence-corrected chi connectivity index (χ4v) is 9.56. The summed E-state index contributed by atoms with van der Waals surface area (Å²) < 4.78 is 107. The number of anilines is 2. The highest BCUT2D eigenvalue weighted by Gasteiger charge is 2.35. The molecule has 0 fully saturated rings. The number of guanidine groups is 2. The summed E-state index contributed by atoms with van der Waals surface area (Å²) in [6.45, 7) is 13.6. The highest BCUT2D eigenvalue weighted by molar-refractivity contribution is 7.91. The number of hydrogen-bond donors (Lipinski definition) is 6. The van der Waals surface area contributed by atoms with Crippen LogP contribution in [0, 0.1) is 13.8 Å². The van der Waals surface area contributed by atoms with Crippen molar-refractivity contribution in [3.63, 3.8) is 0 Å². The monoisotopic (exact) mass is 1200 g/mol. The molecule has 0 saturated carbocycles. The molecular weight excluding hydrogens is 1130 g/mol. The number of nitrogens with zero attached hydrogens (tertiary/aromatic N) is 8. The van der Waals surface area contributed by atoms with Crippen LogP contribution in [0.5, 0.6) is 35.0 Å². The Labute approximate surface area is 488 Å². The van der Waals surface area contributed by atoms with E-state index in [1.807, 2.05) is 0 Å². The largest absolute Gasteiger partial charge is 0.494 e. The molecule has 0 aliphatic heterocycles. The molecule has 0 aliphatic carbocycles. The molecule has 0 radical (unpaired) electrons. The molecule has 2 aromatic carbocycles. The lowest BCUT2D eigenvalue weighted by atomic mass is 10.1. The second-order valence-corrected chi connectivity index (χ2v) is 22.4. The van der Waals surface area contributed by atoms with Gasteiger partial charge in [0.15, 0.2) is 0 Å². The number of hydrogen-bond acceptors (Lipinski definition) is 20. The summed E-state index contributed by atoms with van der Waals surface area (Å²) in [6, 6.07) is 13.5. The molecule has 0 unspecified atom stereocenters. The Kier molecular flexibility index (Phi) is 24.2. The predicted octanol–water partition coefficient (Wildman–Crippen LogP) is 5.59. The van der Waals surface area contributed by atoms with Gasteiger partial charge in [-0.15, -0.1) is 8.80 Å². The van der Waals surface area contributed by atoms with E-state index in [2.05, 4.69) is 71.0 Å². The Morgan fingerprint density at radius 1 is 0.464 bits per heavy atom.